The van der Waals surface area contributed by atoms with E-state index in [0.717, 1.165) is 6.42 Å². The summed E-state index contributed by atoms with van der Waals surface area (Å²) in [6.07, 6.45) is 1.11. The maximum atomic E-state index is 11.0. The van der Waals surface area contributed by atoms with Crippen molar-refractivity contribution >= 4 is 5.91 Å². The van der Waals surface area contributed by atoms with Crippen molar-refractivity contribution in [3.8, 4) is 0 Å². The van der Waals surface area contributed by atoms with Gasteiger partial charge in [0.25, 0.3) is 5.91 Å². The topological polar surface area (TPSA) is 59.7 Å². The molecule has 0 aromatic heterocycles. The Hall–Kier alpha value is -1.35. The normalized spacial score (nSPS) is 14.5. The number of carbonyl (C=O) groups excluding carboxylic acids is 1. The number of quaternary nitrogens is 1. The molecule has 0 saturated heterocycles. The number of rotatable bonds is 6. The predicted octanol–water partition coefficient (Wildman–Crippen LogP) is 1.38. The van der Waals surface area contributed by atoms with Crippen LogP contribution in [0.4, 0.5) is 0 Å². The molecule has 3 nitrogen and oxygen atoms in total. The smallest absolute Gasteiger partial charge is 0.275 e. The molecule has 0 saturated carbocycles. The number of carbonyl (C=O) groups is 1. The van der Waals surface area contributed by atoms with E-state index in [1.807, 2.05) is 12.2 Å². The molecule has 1 amide bonds. The third kappa shape index (κ3) is 4.49. The van der Waals surface area contributed by atoms with Crippen LogP contribution in [0.2, 0.25) is 0 Å². The zero-order chi connectivity index (χ0) is 13.7. The van der Waals surface area contributed by atoms with Gasteiger partial charge in [-0.15, -0.1) is 0 Å². The molecule has 1 rings (SSSR count). The molecule has 0 radical (unpaired) electrons. The number of nitrogens with two attached hydrogens (primary N) is 2. The van der Waals surface area contributed by atoms with Crippen molar-refractivity contribution in [1.29, 1.82) is 0 Å². The summed E-state index contributed by atoms with van der Waals surface area (Å²) in [6.45, 7) is 8.38. The minimum absolute atomic E-state index is 0.185. The van der Waals surface area contributed by atoms with Crippen LogP contribution in [0.1, 0.15) is 44.9 Å². The summed E-state index contributed by atoms with van der Waals surface area (Å²) >= 11 is 0. The van der Waals surface area contributed by atoms with E-state index in [2.05, 4.69) is 45.0 Å². The van der Waals surface area contributed by atoms with Crippen LogP contribution in [0, 0.1) is 5.92 Å². The average molecular weight is 249 g/mol. The van der Waals surface area contributed by atoms with E-state index in [1.54, 1.807) is 0 Å². The van der Waals surface area contributed by atoms with Crippen LogP contribution in [0.15, 0.2) is 24.3 Å². The molecule has 0 fully saturated rings. The molecule has 1 aromatic rings. The summed E-state index contributed by atoms with van der Waals surface area (Å²) < 4.78 is 0. The highest BCUT2D eigenvalue weighted by molar-refractivity contribution is 5.77. The van der Waals surface area contributed by atoms with Gasteiger partial charge in [-0.1, -0.05) is 38.1 Å². The first kappa shape index (κ1) is 14.7. The second-order valence-corrected chi connectivity index (χ2v) is 5.51. The van der Waals surface area contributed by atoms with E-state index in [9.17, 15) is 4.79 Å². The monoisotopic (exact) mass is 249 g/mol. The number of hydrogen-bond acceptors (Lipinski definition) is 1. The summed E-state index contributed by atoms with van der Waals surface area (Å²) in [7, 11) is 0. The van der Waals surface area contributed by atoms with Gasteiger partial charge < -0.3 is 11.1 Å². The summed E-state index contributed by atoms with van der Waals surface area (Å²) in [5.41, 5.74) is 7.87. The van der Waals surface area contributed by atoms with Gasteiger partial charge in [-0.25, -0.2) is 0 Å². The summed E-state index contributed by atoms with van der Waals surface area (Å²) in [5.74, 6) is 0.410. The van der Waals surface area contributed by atoms with Crippen molar-refractivity contribution in [3.05, 3.63) is 35.4 Å². The summed E-state index contributed by atoms with van der Waals surface area (Å²) in [4.78, 5) is 11.0. The van der Waals surface area contributed by atoms with Crippen LogP contribution in [0.5, 0.6) is 0 Å². The minimum atomic E-state index is -0.265. The van der Waals surface area contributed by atoms with Crippen LogP contribution in [0.3, 0.4) is 0 Å². The first-order valence-electron chi connectivity index (χ1n) is 6.63. The Morgan fingerprint density at radius 2 is 1.72 bits per heavy atom. The molecule has 0 aliphatic heterocycles. The Balaban J connectivity index is 2.64. The van der Waals surface area contributed by atoms with Gasteiger partial charge in [0.05, 0.1) is 0 Å². The number of amides is 1. The number of hydrogen-bond donors (Lipinski definition) is 2. The molecule has 18 heavy (non-hydrogen) atoms. The van der Waals surface area contributed by atoms with E-state index in [-0.39, 0.29) is 18.0 Å². The molecule has 0 aliphatic rings. The van der Waals surface area contributed by atoms with Crippen molar-refractivity contribution < 1.29 is 10.1 Å². The molecule has 3 heteroatoms. The van der Waals surface area contributed by atoms with Gasteiger partial charge in [-0.05, 0) is 31.7 Å². The van der Waals surface area contributed by atoms with Gasteiger partial charge in [0.15, 0.2) is 6.04 Å². The minimum Gasteiger partial charge on any atom is -0.365 e. The molecular formula is C15H25N2O+. The Labute approximate surface area is 110 Å². The predicted molar refractivity (Wildman–Crippen MR) is 74.0 cm³/mol. The quantitative estimate of drug-likeness (QED) is 0.786. The van der Waals surface area contributed by atoms with E-state index < -0.39 is 0 Å². The lowest BCUT2D eigenvalue weighted by Crippen LogP contribution is -2.92. The number of benzene rings is 1. The Kier molecular flexibility index (Phi) is 5.35. The van der Waals surface area contributed by atoms with Crippen LogP contribution < -0.4 is 11.1 Å². The standard InChI is InChI=1S/C15H24N2O/c1-10(2)9-13-5-7-14(8-6-13)11(3)17-12(4)15(16)18/h5-8,10-12,17H,9H2,1-4H3,(H2,16,18)/p+1/t11-,12-/m0/s1. The molecule has 0 unspecified atom stereocenters. The first-order chi connectivity index (χ1) is 8.40. The van der Waals surface area contributed by atoms with Crippen molar-refractivity contribution in [2.75, 3.05) is 0 Å². The van der Waals surface area contributed by atoms with E-state index in [0.29, 0.717) is 5.92 Å². The molecular weight excluding hydrogens is 224 g/mol. The molecule has 0 heterocycles. The Morgan fingerprint density at radius 1 is 1.17 bits per heavy atom. The third-order valence-corrected chi connectivity index (χ3v) is 3.18. The fourth-order valence-electron chi connectivity index (χ4n) is 2.07. The van der Waals surface area contributed by atoms with Gasteiger partial charge in [0.2, 0.25) is 0 Å². The van der Waals surface area contributed by atoms with Crippen molar-refractivity contribution in [1.82, 2.24) is 0 Å². The fraction of sp³-hybridized carbons (Fsp3) is 0.533. The van der Waals surface area contributed by atoms with E-state index >= 15 is 0 Å². The van der Waals surface area contributed by atoms with Gasteiger partial charge in [0, 0.05) is 5.56 Å². The van der Waals surface area contributed by atoms with Gasteiger partial charge in [-0.2, -0.15) is 0 Å². The van der Waals surface area contributed by atoms with Gasteiger partial charge >= 0.3 is 0 Å². The van der Waals surface area contributed by atoms with Crippen LogP contribution in [-0.4, -0.2) is 11.9 Å². The fourth-order valence-corrected chi connectivity index (χ4v) is 2.07. The van der Waals surface area contributed by atoms with Crippen molar-refractivity contribution in [3.63, 3.8) is 0 Å². The van der Waals surface area contributed by atoms with Crippen molar-refractivity contribution in [2.45, 2.75) is 46.2 Å². The molecule has 4 N–H and O–H groups in total. The summed E-state index contributed by atoms with van der Waals surface area (Å²) in [6, 6.07) is 8.71. The highest BCUT2D eigenvalue weighted by Gasteiger charge is 2.17. The SMILES string of the molecule is CC(C)Cc1ccc([C@H](C)[NH2+][C@@H](C)C(N)=O)cc1. The average Bonchev–Trinajstić information content (AvgIpc) is 2.28. The number of primary amides is 1. The van der Waals surface area contributed by atoms with Gasteiger partial charge in [-0.3, -0.25) is 4.79 Å². The molecule has 2 atom stereocenters. The molecule has 100 valence electrons. The second-order valence-electron chi connectivity index (χ2n) is 5.51. The van der Waals surface area contributed by atoms with Crippen LogP contribution in [-0.2, 0) is 11.2 Å². The lowest BCUT2D eigenvalue weighted by Gasteiger charge is -2.15. The van der Waals surface area contributed by atoms with Crippen molar-refractivity contribution in [2.24, 2.45) is 11.7 Å². The third-order valence-electron chi connectivity index (χ3n) is 3.18. The molecule has 0 bridgehead atoms. The lowest BCUT2D eigenvalue weighted by molar-refractivity contribution is -0.710. The molecule has 0 spiro atoms. The highest BCUT2D eigenvalue weighted by Crippen LogP contribution is 2.13. The zero-order valence-electron chi connectivity index (χ0n) is 11.8. The lowest BCUT2D eigenvalue weighted by atomic mass is 9.99. The Morgan fingerprint density at radius 3 is 2.17 bits per heavy atom. The molecule has 0 aliphatic carbocycles. The van der Waals surface area contributed by atoms with Gasteiger partial charge in [0.1, 0.15) is 6.04 Å². The van der Waals surface area contributed by atoms with Crippen LogP contribution in [0.25, 0.3) is 0 Å². The zero-order valence-corrected chi connectivity index (χ0v) is 11.8. The maximum absolute atomic E-state index is 11.0. The largest absolute Gasteiger partial charge is 0.365 e. The highest BCUT2D eigenvalue weighted by atomic mass is 16.1. The Bertz CT molecular complexity index is 384. The summed E-state index contributed by atoms with van der Waals surface area (Å²) in [5, 5.41) is 2.00. The van der Waals surface area contributed by atoms with E-state index in [1.165, 1.54) is 11.1 Å². The first-order valence-corrected chi connectivity index (χ1v) is 6.63. The maximum Gasteiger partial charge on any atom is 0.275 e. The molecule has 1 aromatic carbocycles. The van der Waals surface area contributed by atoms with Crippen LogP contribution >= 0.6 is 0 Å². The second kappa shape index (κ2) is 6.55. The van der Waals surface area contributed by atoms with E-state index in [4.69, 9.17) is 5.73 Å².